The van der Waals surface area contributed by atoms with E-state index in [2.05, 4.69) is 46.9 Å². The van der Waals surface area contributed by atoms with Crippen LogP contribution in [0.15, 0.2) is 59.7 Å². The molecule has 1 aliphatic rings. The fourth-order valence-corrected chi connectivity index (χ4v) is 4.01. The highest BCUT2D eigenvalue weighted by molar-refractivity contribution is 5.83. The van der Waals surface area contributed by atoms with Crippen LogP contribution in [-0.4, -0.2) is 41.2 Å². The van der Waals surface area contributed by atoms with E-state index in [1.54, 1.807) is 12.1 Å². The van der Waals surface area contributed by atoms with E-state index in [4.69, 9.17) is 9.73 Å². The van der Waals surface area contributed by atoms with Gasteiger partial charge in [0.15, 0.2) is 5.96 Å². The molecule has 2 heterocycles. The lowest BCUT2D eigenvalue weighted by Gasteiger charge is -2.23. The Morgan fingerprint density at radius 1 is 1.28 bits per heavy atom. The summed E-state index contributed by atoms with van der Waals surface area (Å²) in [6.07, 6.45) is 5.22. The fourth-order valence-electron chi connectivity index (χ4n) is 4.01. The largest absolute Gasteiger partial charge is 0.376 e. The van der Waals surface area contributed by atoms with Crippen LogP contribution >= 0.6 is 0 Å². The Bertz CT molecular complexity index is 1070. The highest BCUT2D eigenvalue weighted by Crippen LogP contribution is 2.18. The van der Waals surface area contributed by atoms with Crippen molar-refractivity contribution in [1.82, 2.24) is 15.6 Å². The first-order chi connectivity index (χ1) is 15.6. The van der Waals surface area contributed by atoms with Gasteiger partial charge in [0, 0.05) is 42.4 Å². The Morgan fingerprint density at radius 2 is 2.09 bits per heavy atom. The Hall–Kier alpha value is -3.39. The van der Waals surface area contributed by atoms with E-state index >= 15 is 0 Å². The third-order valence-corrected chi connectivity index (χ3v) is 5.82. The molecule has 0 saturated carbocycles. The normalized spacial score (nSPS) is 17.4. The standard InChI is InChI=1S/C24H29N5O3/c1-17(23-7-4-14-32-23)28-24(27-15-18-8-10-20(11-9-18)29(30)31)25-13-12-19-16-26-22-6-3-2-5-21(19)22/h2-3,5-6,8-11,16-17,23,26H,4,7,12-15H2,1H3,(H2,25,27,28). The summed E-state index contributed by atoms with van der Waals surface area (Å²) >= 11 is 0. The minimum absolute atomic E-state index is 0.0833. The van der Waals surface area contributed by atoms with Gasteiger partial charge < -0.3 is 20.4 Å². The second-order valence-electron chi connectivity index (χ2n) is 8.11. The molecule has 1 saturated heterocycles. The molecule has 2 unspecified atom stereocenters. The zero-order valence-electron chi connectivity index (χ0n) is 18.2. The van der Waals surface area contributed by atoms with Crippen LogP contribution in [0.4, 0.5) is 5.69 Å². The van der Waals surface area contributed by atoms with Crippen molar-refractivity contribution in [2.45, 2.75) is 44.9 Å². The monoisotopic (exact) mass is 435 g/mol. The number of ether oxygens (including phenoxy) is 1. The molecule has 2 atom stereocenters. The van der Waals surface area contributed by atoms with Crippen LogP contribution in [0.1, 0.15) is 30.9 Å². The van der Waals surface area contributed by atoms with Gasteiger partial charge in [0.1, 0.15) is 0 Å². The van der Waals surface area contributed by atoms with Crippen LogP contribution in [0.3, 0.4) is 0 Å². The molecule has 2 aromatic carbocycles. The lowest BCUT2D eigenvalue weighted by molar-refractivity contribution is -0.384. The first kappa shape index (κ1) is 21.8. The number of para-hydroxylation sites is 1. The smallest absolute Gasteiger partial charge is 0.269 e. The molecule has 8 nitrogen and oxygen atoms in total. The summed E-state index contributed by atoms with van der Waals surface area (Å²) < 4.78 is 5.81. The van der Waals surface area contributed by atoms with Crippen molar-refractivity contribution in [2.24, 2.45) is 4.99 Å². The predicted octanol–water partition coefficient (Wildman–Crippen LogP) is 3.92. The van der Waals surface area contributed by atoms with E-state index in [1.807, 2.05) is 6.07 Å². The average Bonchev–Trinajstić information content (AvgIpc) is 3.48. The molecular weight excluding hydrogens is 406 g/mol. The number of hydrogen-bond donors (Lipinski definition) is 3. The van der Waals surface area contributed by atoms with Gasteiger partial charge in [-0.05, 0) is 43.4 Å². The Kier molecular flexibility index (Phi) is 7.01. The van der Waals surface area contributed by atoms with Gasteiger partial charge in [-0.15, -0.1) is 0 Å². The number of guanidine groups is 1. The van der Waals surface area contributed by atoms with Gasteiger partial charge >= 0.3 is 0 Å². The molecule has 8 heteroatoms. The predicted molar refractivity (Wildman–Crippen MR) is 126 cm³/mol. The molecule has 3 N–H and O–H groups in total. The Morgan fingerprint density at radius 3 is 2.84 bits per heavy atom. The maximum Gasteiger partial charge on any atom is 0.269 e. The topological polar surface area (TPSA) is 105 Å². The van der Waals surface area contributed by atoms with Crippen molar-refractivity contribution < 1.29 is 9.66 Å². The zero-order chi connectivity index (χ0) is 22.3. The van der Waals surface area contributed by atoms with E-state index in [1.165, 1.54) is 23.1 Å². The van der Waals surface area contributed by atoms with Crippen LogP contribution in [-0.2, 0) is 17.7 Å². The fraction of sp³-hybridized carbons (Fsp3) is 0.375. The first-order valence-corrected chi connectivity index (χ1v) is 11.0. The summed E-state index contributed by atoms with van der Waals surface area (Å²) in [6, 6.07) is 14.9. The second kappa shape index (κ2) is 10.3. The van der Waals surface area contributed by atoms with Crippen molar-refractivity contribution in [3.8, 4) is 0 Å². The molecule has 0 spiro atoms. The molecule has 32 heavy (non-hydrogen) atoms. The SMILES string of the molecule is CC(NC(=NCc1ccc([N+](=O)[O-])cc1)NCCc1c[nH]c2ccccc12)C1CCCO1. The number of nitrogens with zero attached hydrogens (tertiary/aromatic N) is 2. The summed E-state index contributed by atoms with van der Waals surface area (Å²) in [5.74, 6) is 0.714. The number of aliphatic imine (C=N–C) groups is 1. The molecular formula is C24H29N5O3. The van der Waals surface area contributed by atoms with Gasteiger partial charge in [-0.3, -0.25) is 10.1 Å². The number of rotatable bonds is 8. The maximum atomic E-state index is 10.9. The number of hydrogen-bond acceptors (Lipinski definition) is 4. The van der Waals surface area contributed by atoms with Gasteiger partial charge in [0.2, 0.25) is 0 Å². The van der Waals surface area contributed by atoms with Crippen molar-refractivity contribution in [3.63, 3.8) is 0 Å². The van der Waals surface area contributed by atoms with Crippen LogP contribution in [0.25, 0.3) is 10.9 Å². The Balaban J connectivity index is 1.41. The summed E-state index contributed by atoms with van der Waals surface area (Å²) in [6.45, 7) is 4.07. The number of fused-ring (bicyclic) bond motifs is 1. The van der Waals surface area contributed by atoms with Crippen LogP contribution < -0.4 is 10.6 Å². The van der Waals surface area contributed by atoms with Gasteiger partial charge in [0.25, 0.3) is 5.69 Å². The molecule has 1 fully saturated rings. The molecule has 0 aliphatic carbocycles. The second-order valence-corrected chi connectivity index (χ2v) is 8.11. The summed E-state index contributed by atoms with van der Waals surface area (Å²) in [5, 5.41) is 19.0. The molecule has 4 rings (SSSR count). The third kappa shape index (κ3) is 5.45. The summed E-state index contributed by atoms with van der Waals surface area (Å²) in [7, 11) is 0. The summed E-state index contributed by atoms with van der Waals surface area (Å²) in [4.78, 5) is 18.5. The molecule has 0 amide bonds. The van der Waals surface area contributed by atoms with Crippen LogP contribution in [0.5, 0.6) is 0 Å². The highest BCUT2D eigenvalue weighted by atomic mass is 16.6. The number of nitro groups is 1. The number of nitro benzene ring substituents is 1. The van der Waals surface area contributed by atoms with Gasteiger partial charge in [-0.1, -0.05) is 30.3 Å². The lowest BCUT2D eigenvalue weighted by Crippen LogP contribution is -2.47. The Labute approximate surface area is 187 Å². The number of non-ortho nitro benzene ring substituents is 1. The molecule has 1 aromatic heterocycles. The van der Waals surface area contributed by atoms with E-state index in [0.717, 1.165) is 43.5 Å². The van der Waals surface area contributed by atoms with Crippen molar-refractivity contribution in [3.05, 3.63) is 76.0 Å². The van der Waals surface area contributed by atoms with Gasteiger partial charge in [-0.2, -0.15) is 0 Å². The van der Waals surface area contributed by atoms with E-state index in [9.17, 15) is 10.1 Å². The van der Waals surface area contributed by atoms with E-state index < -0.39 is 4.92 Å². The molecule has 0 bridgehead atoms. The third-order valence-electron chi connectivity index (χ3n) is 5.82. The van der Waals surface area contributed by atoms with Crippen molar-refractivity contribution in [1.29, 1.82) is 0 Å². The van der Waals surface area contributed by atoms with Crippen LogP contribution in [0, 0.1) is 10.1 Å². The van der Waals surface area contributed by atoms with Gasteiger partial charge in [-0.25, -0.2) is 4.99 Å². The number of H-pyrrole nitrogens is 1. The minimum atomic E-state index is -0.393. The quantitative estimate of drug-likeness (QED) is 0.215. The molecule has 1 aliphatic heterocycles. The van der Waals surface area contributed by atoms with Crippen molar-refractivity contribution in [2.75, 3.05) is 13.2 Å². The van der Waals surface area contributed by atoms with Crippen molar-refractivity contribution >= 4 is 22.5 Å². The molecule has 168 valence electrons. The molecule has 3 aromatic rings. The number of aromatic nitrogens is 1. The molecule has 0 radical (unpaired) electrons. The summed E-state index contributed by atoms with van der Waals surface area (Å²) in [5.41, 5.74) is 3.40. The first-order valence-electron chi connectivity index (χ1n) is 11.0. The number of nitrogens with one attached hydrogen (secondary N) is 3. The maximum absolute atomic E-state index is 10.9. The van der Waals surface area contributed by atoms with E-state index in [0.29, 0.717) is 12.5 Å². The van der Waals surface area contributed by atoms with Crippen LogP contribution in [0.2, 0.25) is 0 Å². The number of benzene rings is 2. The average molecular weight is 436 g/mol. The minimum Gasteiger partial charge on any atom is -0.376 e. The highest BCUT2D eigenvalue weighted by Gasteiger charge is 2.23. The zero-order valence-corrected chi connectivity index (χ0v) is 18.2. The number of aromatic amines is 1. The van der Waals surface area contributed by atoms with Gasteiger partial charge in [0.05, 0.1) is 23.6 Å². The van der Waals surface area contributed by atoms with E-state index in [-0.39, 0.29) is 17.8 Å². The lowest BCUT2D eigenvalue weighted by atomic mass is 10.1.